The van der Waals surface area contributed by atoms with Crippen molar-refractivity contribution in [3.8, 4) is 0 Å². The van der Waals surface area contributed by atoms with Gasteiger partial charge in [0.05, 0.1) is 6.42 Å². The van der Waals surface area contributed by atoms with Crippen LogP contribution in [0.15, 0.2) is 60.7 Å². The third-order valence-electron chi connectivity index (χ3n) is 4.06. The van der Waals surface area contributed by atoms with E-state index in [-0.39, 0.29) is 5.91 Å². The van der Waals surface area contributed by atoms with Gasteiger partial charge >= 0.3 is 0 Å². The van der Waals surface area contributed by atoms with Crippen molar-refractivity contribution < 1.29 is 4.79 Å². The Hall–Kier alpha value is -1.74. The van der Waals surface area contributed by atoms with Crippen LogP contribution in [0.25, 0.3) is 0 Å². The molecular formula is C19H21NOS. The number of hydrogen-bond acceptors (Lipinski definition) is 2. The summed E-state index contributed by atoms with van der Waals surface area (Å²) in [5.41, 5.74) is 2.48. The molecule has 0 N–H and O–H groups in total. The Bertz CT molecular complexity index is 599. The lowest BCUT2D eigenvalue weighted by atomic mass is 10.1. The van der Waals surface area contributed by atoms with Gasteiger partial charge in [0.1, 0.15) is 0 Å². The molecule has 0 aromatic heterocycles. The number of rotatable bonds is 3. The van der Waals surface area contributed by atoms with Crippen molar-refractivity contribution in [2.24, 2.45) is 0 Å². The Labute approximate surface area is 136 Å². The van der Waals surface area contributed by atoms with E-state index in [1.807, 2.05) is 47.0 Å². The first-order valence-corrected chi connectivity index (χ1v) is 8.86. The fourth-order valence-corrected chi connectivity index (χ4v) is 4.07. The fourth-order valence-electron chi connectivity index (χ4n) is 2.84. The maximum absolute atomic E-state index is 12.5. The van der Waals surface area contributed by atoms with Crippen LogP contribution in [0.3, 0.4) is 0 Å². The van der Waals surface area contributed by atoms with E-state index in [1.54, 1.807) is 0 Å². The molecule has 2 aromatic rings. The normalized spacial score (nSPS) is 18.7. The van der Waals surface area contributed by atoms with E-state index in [1.165, 1.54) is 5.56 Å². The fraction of sp³-hybridized carbons (Fsp3) is 0.316. The first kappa shape index (κ1) is 15.2. The molecule has 0 bridgehead atoms. The van der Waals surface area contributed by atoms with Gasteiger partial charge in [-0.15, -0.1) is 0 Å². The summed E-state index contributed by atoms with van der Waals surface area (Å²) in [6.07, 6.45) is 1.55. The largest absolute Gasteiger partial charge is 0.342 e. The highest BCUT2D eigenvalue weighted by Gasteiger charge is 2.21. The third-order valence-corrected chi connectivity index (χ3v) is 5.39. The molecule has 1 aliphatic rings. The maximum atomic E-state index is 12.5. The topological polar surface area (TPSA) is 20.3 Å². The first-order valence-electron chi connectivity index (χ1n) is 7.81. The Morgan fingerprint density at radius 2 is 1.68 bits per heavy atom. The molecule has 1 fully saturated rings. The van der Waals surface area contributed by atoms with E-state index in [2.05, 4.69) is 30.3 Å². The Kier molecular flexibility index (Phi) is 5.17. The molecule has 3 rings (SSSR count). The molecule has 1 aliphatic heterocycles. The van der Waals surface area contributed by atoms with Crippen molar-refractivity contribution >= 4 is 17.7 Å². The van der Waals surface area contributed by atoms with E-state index in [0.717, 1.165) is 30.8 Å². The van der Waals surface area contributed by atoms with Crippen LogP contribution in [0, 0.1) is 0 Å². The number of nitrogens with zero attached hydrogens (tertiary/aromatic N) is 1. The van der Waals surface area contributed by atoms with Gasteiger partial charge in [0, 0.05) is 24.1 Å². The van der Waals surface area contributed by atoms with E-state index < -0.39 is 0 Å². The molecule has 22 heavy (non-hydrogen) atoms. The smallest absolute Gasteiger partial charge is 0.227 e. The highest BCUT2D eigenvalue weighted by Crippen LogP contribution is 2.34. The molecule has 0 saturated carbocycles. The second kappa shape index (κ2) is 7.50. The molecule has 1 heterocycles. The van der Waals surface area contributed by atoms with E-state index >= 15 is 0 Å². The van der Waals surface area contributed by atoms with Crippen molar-refractivity contribution in [1.29, 1.82) is 0 Å². The van der Waals surface area contributed by atoms with Crippen LogP contribution >= 0.6 is 11.8 Å². The quantitative estimate of drug-likeness (QED) is 0.856. The third kappa shape index (κ3) is 3.92. The molecule has 2 nitrogen and oxygen atoms in total. The molecule has 0 radical (unpaired) electrons. The highest BCUT2D eigenvalue weighted by atomic mass is 32.2. The molecule has 1 unspecified atom stereocenters. The standard InChI is InChI=1S/C19H21NOS/c21-19(15-16-7-3-1-4-8-16)20-12-11-18(22-14-13-20)17-9-5-2-6-10-17/h1-10,18H,11-15H2. The number of amides is 1. The van der Waals surface area contributed by atoms with Gasteiger partial charge in [0.15, 0.2) is 0 Å². The Morgan fingerprint density at radius 3 is 2.41 bits per heavy atom. The summed E-state index contributed by atoms with van der Waals surface area (Å²) in [5.74, 6) is 1.26. The molecule has 3 heteroatoms. The van der Waals surface area contributed by atoms with Gasteiger partial charge in [-0.3, -0.25) is 4.79 Å². The number of carbonyl (C=O) groups is 1. The molecule has 2 aromatic carbocycles. The second-order valence-corrected chi connectivity index (χ2v) is 6.91. The molecule has 1 saturated heterocycles. The zero-order valence-corrected chi connectivity index (χ0v) is 13.5. The summed E-state index contributed by atoms with van der Waals surface area (Å²) >= 11 is 1.97. The number of benzene rings is 2. The van der Waals surface area contributed by atoms with Crippen molar-refractivity contribution in [3.63, 3.8) is 0 Å². The van der Waals surface area contributed by atoms with Crippen LogP contribution in [-0.2, 0) is 11.2 Å². The monoisotopic (exact) mass is 311 g/mol. The van der Waals surface area contributed by atoms with Gasteiger partial charge in [0.25, 0.3) is 0 Å². The van der Waals surface area contributed by atoms with Crippen LogP contribution < -0.4 is 0 Å². The molecule has 1 atom stereocenters. The Balaban J connectivity index is 1.59. The molecule has 0 spiro atoms. The van der Waals surface area contributed by atoms with Gasteiger partial charge in [-0.1, -0.05) is 60.7 Å². The summed E-state index contributed by atoms with van der Waals surface area (Å²) in [5, 5.41) is 0.510. The van der Waals surface area contributed by atoms with E-state index in [9.17, 15) is 4.79 Å². The van der Waals surface area contributed by atoms with Gasteiger partial charge in [0.2, 0.25) is 5.91 Å². The van der Waals surface area contributed by atoms with Crippen molar-refractivity contribution in [2.75, 3.05) is 18.8 Å². The lowest BCUT2D eigenvalue weighted by molar-refractivity contribution is -0.130. The predicted molar refractivity (Wildman–Crippen MR) is 93.0 cm³/mol. The van der Waals surface area contributed by atoms with Crippen LogP contribution in [0.5, 0.6) is 0 Å². The zero-order valence-electron chi connectivity index (χ0n) is 12.7. The molecule has 0 aliphatic carbocycles. The SMILES string of the molecule is O=C(Cc1ccccc1)N1CCSC(c2ccccc2)CC1. The van der Waals surface area contributed by atoms with E-state index in [4.69, 9.17) is 0 Å². The summed E-state index contributed by atoms with van der Waals surface area (Å²) < 4.78 is 0. The lowest BCUT2D eigenvalue weighted by Crippen LogP contribution is -2.34. The van der Waals surface area contributed by atoms with Crippen molar-refractivity contribution in [2.45, 2.75) is 18.1 Å². The Morgan fingerprint density at radius 1 is 1.00 bits per heavy atom. The minimum atomic E-state index is 0.250. The van der Waals surface area contributed by atoms with Crippen molar-refractivity contribution in [3.05, 3.63) is 71.8 Å². The van der Waals surface area contributed by atoms with Gasteiger partial charge in [-0.25, -0.2) is 0 Å². The van der Waals surface area contributed by atoms with Gasteiger partial charge in [-0.05, 0) is 17.5 Å². The van der Waals surface area contributed by atoms with E-state index in [0.29, 0.717) is 11.7 Å². The minimum Gasteiger partial charge on any atom is -0.342 e. The summed E-state index contributed by atoms with van der Waals surface area (Å²) in [4.78, 5) is 14.5. The number of thioether (sulfide) groups is 1. The summed E-state index contributed by atoms with van der Waals surface area (Å²) in [6, 6.07) is 20.7. The predicted octanol–water partition coefficient (Wildman–Crippen LogP) is 3.94. The van der Waals surface area contributed by atoms with Crippen LogP contribution in [-0.4, -0.2) is 29.6 Å². The molecule has 1 amide bonds. The van der Waals surface area contributed by atoms with Crippen LogP contribution in [0.2, 0.25) is 0 Å². The van der Waals surface area contributed by atoms with Crippen molar-refractivity contribution in [1.82, 2.24) is 4.90 Å². The van der Waals surface area contributed by atoms with Gasteiger partial charge < -0.3 is 4.90 Å². The number of carbonyl (C=O) groups excluding carboxylic acids is 1. The number of hydrogen-bond donors (Lipinski definition) is 0. The van der Waals surface area contributed by atoms with Crippen LogP contribution in [0.4, 0.5) is 0 Å². The average Bonchev–Trinajstić information content (AvgIpc) is 2.83. The highest BCUT2D eigenvalue weighted by molar-refractivity contribution is 7.99. The first-order chi connectivity index (χ1) is 10.8. The average molecular weight is 311 g/mol. The lowest BCUT2D eigenvalue weighted by Gasteiger charge is -2.20. The summed E-state index contributed by atoms with van der Waals surface area (Å²) in [6.45, 7) is 1.72. The molecule has 114 valence electrons. The van der Waals surface area contributed by atoms with Crippen LogP contribution in [0.1, 0.15) is 22.8 Å². The van der Waals surface area contributed by atoms with Gasteiger partial charge in [-0.2, -0.15) is 11.8 Å². The minimum absolute atomic E-state index is 0.250. The second-order valence-electron chi connectivity index (χ2n) is 5.60. The maximum Gasteiger partial charge on any atom is 0.227 e. The molecular weight excluding hydrogens is 290 g/mol. The summed E-state index contributed by atoms with van der Waals surface area (Å²) in [7, 11) is 0. The zero-order chi connectivity index (χ0) is 15.2.